The smallest absolute Gasteiger partial charge is 0.299 e. The molecule has 0 spiro atoms. The van der Waals surface area contributed by atoms with Gasteiger partial charge in [-0.25, -0.2) is 5.43 Å². The molecule has 2 aromatic carbocycles. The lowest BCUT2D eigenvalue weighted by atomic mass is 10.1. The van der Waals surface area contributed by atoms with Gasteiger partial charge >= 0.3 is 0 Å². The highest BCUT2D eigenvalue weighted by molar-refractivity contribution is 5.93. The normalized spacial score (nSPS) is 12.4. The van der Waals surface area contributed by atoms with E-state index in [4.69, 9.17) is 0 Å². The van der Waals surface area contributed by atoms with Gasteiger partial charge in [0.05, 0.1) is 31.4 Å². The minimum Gasteiger partial charge on any atom is -0.321 e. The maximum Gasteiger partial charge on any atom is 0.299 e. The first-order valence-electron chi connectivity index (χ1n) is 8.69. The third-order valence-corrected chi connectivity index (χ3v) is 4.59. The topological polar surface area (TPSA) is 67.2 Å². The van der Waals surface area contributed by atoms with Crippen molar-refractivity contribution < 1.29 is 9.59 Å². The molecule has 0 fully saturated rings. The minimum absolute atomic E-state index is 0.158. The van der Waals surface area contributed by atoms with E-state index in [1.807, 2.05) is 42.5 Å². The highest BCUT2D eigenvalue weighted by Crippen LogP contribution is 2.22. The summed E-state index contributed by atoms with van der Waals surface area (Å²) in [7, 11) is 0. The van der Waals surface area contributed by atoms with E-state index in [0.717, 1.165) is 27.6 Å². The Morgan fingerprint density at radius 3 is 2.78 bits per heavy atom. The van der Waals surface area contributed by atoms with Gasteiger partial charge in [0.15, 0.2) is 0 Å². The number of nitrogens with one attached hydrogen (secondary N) is 1. The van der Waals surface area contributed by atoms with Crippen LogP contribution in [0.5, 0.6) is 0 Å². The van der Waals surface area contributed by atoms with E-state index in [9.17, 15) is 9.59 Å². The molecule has 0 aliphatic carbocycles. The van der Waals surface area contributed by atoms with Crippen molar-refractivity contribution in [2.75, 3.05) is 5.43 Å². The molecule has 2 amide bonds. The number of aromatic nitrogens is 2. The Bertz CT molecular complexity index is 1100. The van der Waals surface area contributed by atoms with E-state index in [1.54, 1.807) is 18.0 Å². The Morgan fingerprint density at radius 1 is 1.15 bits per heavy atom. The van der Waals surface area contributed by atoms with E-state index < -0.39 is 0 Å². The zero-order valence-electron chi connectivity index (χ0n) is 14.9. The number of rotatable bonds is 3. The first-order valence-corrected chi connectivity index (χ1v) is 8.69. The summed E-state index contributed by atoms with van der Waals surface area (Å²) >= 11 is 0. The van der Waals surface area contributed by atoms with Crippen LogP contribution in [-0.2, 0) is 29.1 Å². The summed E-state index contributed by atoms with van der Waals surface area (Å²) in [6.07, 6.45) is 1.93. The predicted octanol–water partition coefficient (Wildman–Crippen LogP) is 2.21. The Hall–Kier alpha value is -3.59. The van der Waals surface area contributed by atoms with Crippen LogP contribution in [0.3, 0.4) is 0 Å². The molecule has 0 bridgehead atoms. The fourth-order valence-corrected chi connectivity index (χ4v) is 3.27. The lowest BCUT2D eigenvalue weighted by Crippen LogP contribution is -2.29. The first kappa shape index (κ1) is 16.9. The highest BCUT2D eigenvalue weighted by atomic mass is 16.2. The van der Waals surface area contributed by atoms with Crippen LogP contribution in [0.15, 0.2) is 48.7 Å². The fourth-order valence-electron chi connectivity index (χ4n) is 3.27. The van der Waals surface area contributed by atoms with Gasteiger partial charge in [-0.1, -0.05) is 48.4 Å². The largest absolute Gasteiger partial charge is 0.321 e. The van der Waals surface area contributed by atoms with Crippen molar-refractivity contribution in [2.45, 2.75) is 26.4 Å². The highest BCUT2D eigenvalue weighted by Gasteiger charge is 2.27. The van der Waals surface area contributed by atoms with Gasteiger partial charge in [0.25, 0.3) is 5.91 Å². The molecule has 6 heteroatoms. The Labute approximate surface area is 156 Å². The van der Waals surface area contributed by atoms with Crippen molar-refractivity contribution in [2.24, 2.45) is 0 Å². The maximum absolute atomic E-state index is 12.5. The monoisotopic (exact) mass is 358 g/mol. The van der Waals surface area contributed by atoms with Gasteiger partial charge < -0.3 is 4.90 Å². The van der Waals surface area contributed by atoms with Crippen LogP contribution in [0, 0.1) is 11.8 Å². The van der Waals surface area contributed by atoms with Crippen molar-refractivity contribution in [1.82, 2.24) is 14.8 Å². The Balaban J connectivity index is 1.45. The maximum atomic E-state index is 12.5. The number of carbonyl (C=O) groups is 2. The van der Waals surface area contributed by atoms with E-state index >= 15 is 0 Å². The SMILES string of the molecule is CC#CC(=O)N1Cc2cnn(NC(=O)Cc3ccc4ccccc4c3)c2C1. The molecule has 6 nitrogen and oxygen atoms in total. The molecule has 1 aliphatic rings. The lowest BCUT2D eigenvalue weighted by molar-refractivity contribution is -0.125. The number of hydrogen-bond acceptors (Lipinski definition) is 3. The van der Waals surface area contributed by atoms with Crippen molar-refractivity contribution in [3.63, 3.8) is 0 Å². The van der Waals surface area contributed by atoms with Crippen LogP contribution in [0.4, 0.5) is 0 Å². The quantitative estimate of drug-likeness (QED) is 0.730. The second kappa shape index (κ2) is 6.96. The molecule has 0 radical (unpaired) electrons. The van der Waals surface area contributed by atoms with Gasteiger partial charge in [-0.15, -0.1) is 0 Å². The molecular weight excluding hydrogens is 340 g/mol. The summed E-state index contributed by atoms with van der Waals surface area (Å²) in [4.78, 5) is 27.5. The van der Waals surface area contributed by atoms with Gasteiger partial charge in [0.1, 0.15) is 0 Å². The summed E-state index contributed by atoms with van der Waals surface area (Å²) in [5, 5.41) is 6.47. The van der Waals surface area contributed by atoms with Crippen LogP contribution >= 0.6 is 0 Å². The summed E-state index contributed by atoms with van der Waals surface area (Å²) in [5.41, 5.74) is 5.47. The van der Waals surface area contributed by atoms with E-state index in [1.165, 1.54) is 4.79 Å². The molecule has 0 saturated carbocycles. The molecule has 27 heavy (non-hydrogen) atoms. The molecule has 0 atom stereocenters. The van der Waals surface area contributed by atoms with Gasteiger partial charge in [-0.05, 0) is 29.2 Å². The van der Waals surface area contributed by atoms with E-state index in [0.29, 0.717) is 13.1 Å². The van der Waals surface area contributed by atoms with Gasteiger partial charge in [-0.2, -0.15) is 9.89 Å². The zero-order chi connectivity index (χ0) is 18.8. The molecule has 0 unspecified atom stereocenters. The lowest BCUT2D eigenvalue weighted by Gasteiger charge is -2.13. The fraction of sp³-hybridized carbons (Fsp3) is 0.190. The van der Waals surface area contributed by atoms with Crippen LogP contribution in [0.1, 0.15) is 23.7 Å². The molecule has 1 aliphatic heterocycles. The van der Waals surface area contributed by atoms with Crippen molar-refractivity contribution in [3.05, 3.63) is 65.5 Å². The van der Waals surface area contributed by atoms with Crippen LogP contribution in [0.2, 0.25) is 0 Å². The second-order valence-corrected chi connectivity index (χ2v) is 6.46. The number of benzene rings is 2. The van der Waals surface area contributed by atoms with E-state index in [-0.39, 0.29) is 18.2 Å². The molecule has 3 aromatic rings. The van der Waals surface area contributed by atoms with Crippen molar-refractivity contribution in [3.8, 4) is 11.8 Å². The van der Waals surface area contributed by atoms with Gasteiger partial charge in [0.2, 0.25) is 5.91 Å². The number of hydrogen-bond donors (Lipinski definition) is 1. The summed E-state index contributed by atoms with van der Waals surface area (Å²) < 4.78 is 0. The molecule has 134 valence electrons. The van der Waals surface area contributed by atoms with Gasteiger partial charge in [-0.3, -0.25) is 9.59 Å². The zero-order valence-corrected chi connectivity index (χ0v) is 14.9. The third kappa shape index (κ3) is 3.40. The summed E-state index contributed by atoms with van der Waals surface area (Å²) in [6, 6.07) is 14.0. The second-order valence-electron chi connectivity index (χ2n) is 6.46. The minimum atomic E-state index is -0.220. The summed E-state index contributed by atoms with van der Waals surface area (Å²) in [5.74, 6) is 4.78. The molecular formula is C21H18N4O2. The number of nitrogens with zero attached hydrogens (tertiary/aromatic N) is 3. The van der Waals surface area contributed by atoms with Gasteiger partial charge in [0, 0.05) is 5.56 Å². The average molecular weight is 358 g/mol. The molecule has 4 rings (SSSR count). The van der Waals surface area contributed by atoms with Crippen LogP contribution in [-0.4, -0.2) is 26.6 Å². The molecule has 1 N–H and O–H groups in total. The predicted molar refractivity (Wildman–Crippen MR) is 102 cm³/mol. The molecule has 0 saturated heterocycles. The van der Waals surface area contributed by atoms with Crippen molar-refractivity contribution >= 4 is 22.6 Å². The summed E-state index contributed by atoms with van der Waals surface area (Å²) in [6.45, 7) is 2.48. The average Bonchev–Trinajstić information content (AvgIpc) is 3.24. The van der Waals surface area contributed by atoms with E-state index in [2.05, 4.69) is 22.4 Å². The van der Waals surface area contributed by atoms with Crippen LogP contribution < -0.4 is 5.43 Å². The molecule has 1 aromatic heterocycles. The third-order valence-electron chi connectivity index (χ3n) is 4.59. The Morgan fingerprint density at radius 2 is 1.96 bits per heavy atom. The standard InChI is InChI=1S/C21H18N4O2/c1-2-5-21(27)24-13-18-12-22-25(19(18)14-24)23-20(26)11-15-8-9-16-6-3-4-7-17(16)10-15/h3-4,6-10,12H,11,13-14H2,1H3,(H,23,26). The molecule has 2 heterocycles. The first-order chi connectivity index (χ1) is 13.1. The van der Waals surface area contributed by atoms with Crippen LogP contribution in [0.25, 0.3) is 10.8 Å². The Kier molecular flexibility index (Phi) is 4.35. The number of carbonyl (C=O) groups excluding carboxylic acids is 2. The van der Waals surface area contributed by atoms with Crippen molar-refractivity contribution in [1.29, 1.82) is 0 Å². The number of amides is 2. The number of fused-ring (bicyclic) bond motifs is 2.